The molecule has 0 radical (unpaired) electrons. The van der Waals surface area contributed by atoms with Crippen LogP contribution in [-0.2, 0) is 16.1 Å². The fourth-order valence-electron chi connectivity index (χ4n) is 2.47. The van der Waals surface area contributed by atoms with E-state index in [0.29, 0.717) is 22.4 Å². The molecule has 0 aliphatic carbocycles. The maximum absolute atomic E-state index is 12.2. The number of hydrogen-bond donors (Lipinski definition) is 2. The van der Waals surface area contributed by atoms with Crippen molar-refractivity contribution in [3.8, 4) is 17.3 Å². The van der Waals surface area contributed by atoms with Crippen molar-refractivity contribution in [2.75, 3.05) is 11.1 Å². The topological polar surface area (TPSA) is 125 Å². The van der Waals surface area contributed by atoms with Gasteiger partial charge in [0.25, 0.3) is 0 Å². The Morgan fingerprint density at radius 1 is 1.19 bits per heavy atom. The fraction of sp³-hybridized carbons (Fsp3) is 0.222. The lowest BCUT2D eigenvalue weighted by atomic mass is 10.3. The average molecular weight is 455 g/mol. The third kappa shape index (κ3) is 6.50. The highest BCUT2D eigenvalue weighted by atomic mass is 32.2. The first-order chi connectivity index (χ1) is 14.7. The van der Waals surface area contributed by atoms with Crippen LogP contribution in [0, 0.1) is 0 Å². The quantitative estimate of drug-likeness (QED) is 0.475. The van der Waals surface area contributed by atoms with Gasteiger partial charge in [-0.3, -0.25) is 14.2 Å². The summed E-state index contributed by atoms with van der Waals surface area (Å²) in [5, 5.41) is 11.0. The minimum absolute atomic E-state index is 0.0395. The largest absolute Gasteiger partial charge is 0.573 e. The zero-order chi connectivity index (χ0) is 22.4. The number of benzene rings is 1. The zero-order valence-corrected chi connectivity index (χ0v) is 16.6. The fourth-order valence-corrected chi connectivity index (χ4v) is 3.24. The van der Waals surface area contributed by atoms with Crippen molar-refractivity contribution in [3.05, 3.63) is 42.7 Å². The summed E-state index contributed by atoms with van der Waals surface area (Å²) in [6.45, 7) is 0.197. The molecule has 1 aromatic carbocycles. The molecule has 164 valence electrons. The van der Waals surface area contributed by atoms with Crippen LogP contribution in [0.4, 0.5) is 18.9 Å². The van der Waals surface area contributed by atoms with E-state index >= 15 is 0 Å². The molecule has 0 fully saturated rings. The number of rotatable bonds is 9. The highest BCUT2D eigenvalue weighted by Crippen LogP contribution is 2.26. The standard InChI is InChI=1S/C18H16F3N5O4S/c19-18(20,21)30-12-5-3-11(4-6-12)23-15(28)10-31-17-25-24-16(13-2-1-9-29-13)26(17)8-7-14(22)27/h1-6,9H,7-8,10H2,(H2,22,27)(H,23,28). The first-order valence-corrected chi connectivity index (χ1v) is 9.73. The number of nitrogens with one attached hydrogen (secondary N) is 1. The molecule has 2 amide bonds. The maximum atomic E-state index is 12.2. The van der Waals surface area contributed by atoms with E-state index in [9.17, 15) is 22.8 Å². The second kappa shape index (κ2) is 9.55. The van der Waals surface area contributed by atoms with E-state index in [0.717, 1.165) is 23.9 Å². The number of thioether (sulfide) groups is 1. The van der Waals surface area contributed by atoms with Crippen molar-refractivity contribution < 1.29 is 31.9 Å². The van der Waals surface area contributed by atoms with Crippen LogP contribution < -0.4 is 15.8 Å². The predicted octanol–water partition coefficient (Wildman–Crippen LogP) is 3.04. The second-order valence-electron chi connectivity index (χ2n) is 6.06. The Kier molecular flexibility index (Phi) is 6.84. The molecule has 0 saturated heterocycles. The molecule has 0 saturated carbocycles. The minimum atomic E-state index is -4.79. The Labute approximate surface area is 177 Å². The third-order valence-electron chi connectivity index (χ3n) is 3.74. The van der Waals surface area contributed by atoms with E-state index in [4.69, 9.17) is 10.2 Å². The molecule has 0 aliphatic heterocycles. The number of furan rings is 1. The molecule has 3 aromatic rings. The number of aromatic nitrogens is 3. The number of anilines is 1. The minimum Gasteiger partial charge on any atom is -0.461 e. The summed E-state index contributed by atoms with van der Waals surface area (Å²) in [5.41, 5.74) is 5.52. The van der Waals surface area contributed by atoms with Crippen molar-refractivity contribution >= 4 is 29.3 Å². The third-order valence-corrected chi connectivity index (χ3v) is 4.71. The van der Waals surface area contributed by atoms with E-state index in [1.165, 1.54) is 18.4 Å². The highest BCUT2D eigenvalue weighted by molar-refractivity contribution is 7.99. The van der Waals surface area contributed by atoms with Gasteiger partial charge in [-0.2, -0.15) is 0 Å². The second-order valence-corrected chi connectivity index (χ2v) is 7.00. The highest BCUT2D eigenvalue weighted by Gasteiger charge is 2.31. The lowest BCUT2D eigenvalue weighted by Crippen LogP contribution is -2.17. The van der Waals surface area contributed by atoms with Crippen molar-refractivity contribution in [2.45, 2.75) is 24.5 Å². The molecule has 9 nitrogen and oxygen atoms in total. The van der Waals surface area contributed by atoms with Gasteiger partial charge in [-0.15, -0.1) is 23.4 Å². The van der Waals surface area contributed by atoms with E-state index < -0.39 is 23.9 Å². The van der Waals surface area contributed by atoms with Crippen LogP contribution in [-0.4, -0.2) is 38.7 Å². The number of primary amides is 1. The molecule has 0 unspecified atom stereocenters. The van der Waals surface area contributed by atoms with Crippen molar-refractivity contribution in [1.82, 2.24) is 14.8 Å². The van der Waals surface area contributed by atoms with E-state index in [2.05, 4.69) is 20.3 Å². The van der Waals surface area contributed by atoms with E-state index in [1.54, 1.807) is 16.7 Å². The summed E-state index contributed by atoms with van der Waals surface area (Å²) >= 11 is 1.07. The van der Waals surface area contributed by atoms with Gasteiger partial charge in [0.15, 0.2) is 16.7 Å². The molecule has 0 aliphatic rings. The van der Waals surface area contributed by atoms with Crippen LogP contribution in [0.2, 0.25) is 0 Å². The molecule has 0 spiro atoms. The summed E-state index contributed by atoms with van der Waals surface area (Å²) < 4.78 is 47.3. The van der Waals surface area contributed by atoms with Crippen molar-refractivity contribution in [3.63, 3.8) is 0 Å². The van der Waals surface area contributed by atoms with Gasteiger partial charge in [-0.05, 0) is 36.4 Å². The van der Waals surface area contributed by atoms with Crippen LogP contribution in [0.1, 0.15) is 6.42 Å². The Balaban J connectivity index is 1.62. The van der Waals surface area contributed by atoms with Crippen LogP contribution in [0.5, 0.6) is 5.75 Å². The van der Waals surface area contributed by atoms with E-state index in [-0.39, 0.29) is 18.7 Å². The molecule has 0 bridgehead atoms. The summed E-state index contributed by atoms with van der Waals surface area (Å²) in [6.07, 6.45) is -3.29. The van der Waals surface area contributed by atoms with Gasteiger partial charge in [0.1, 0.15) is 5.75 Å². The number of nitrogens with two attached hydrogens (primary N) is 1. The number of halogens is 3. The lowest BCUT2D eigenvalue weighted by Gasteiger charge is -2.10. The smallest absolute Gasteiger partial charge is 0.461 e. The van der Waals surface area contributed by atoms with Gasteiger partial charge in [-0.25, -0.2) is 0 Å². The van der Waals surface area contributed by atoms with Crippen LogP contribution in [0.25, 0.3) is 11.6 Å². The first-order valence-electron chi connectivity index (χ1n) is 8.75. The summed E-state index contributed by atoms with van der Waals surface area (Å²) in [5.74, 6) is -0.561. The van der Waals surface area contributed by atoms with Crippen molar-refractivity contribution in [2.24, 2.45) is 5.73 Å². The Bertz CT molecular complexity index is 1040. The molecule has 0 atom stereocenters. The lowest BCUT2D eigenvalue weighted by molar-refractivity contribution is -0.274. The van der Waals surface area contributed by atoms with Gasteiger partial charge in [-0.1, -0.05) is 11.8 Å². The number of hydrogen-bond acceptors (Lipinski definition) is 7. The monoisotopic (exact) mass is 455 g/mol. The van der Waals surface area contributed by atoms with Crippen LogP contribution in [0.15, 0.2) is 52.2 Å². The maximum Gasteiger partial charge on any atom is 0.573 e. The van der Waals surface area contributed by atoms with Gasteiger partial charge < -0.3 is 20.2 Å². The molecular formula is C18H16F3N5O4S. The Hall–Kier alpha value is -3.48. The van der Waals surface area contributed by atoms with Gasteiger partial charge in [0.2, 0.25) is 11.8 Å². The van der Waals surface area contributed by atoms with Gasteiger partial charge in [0.05, 0.1) is 12.0 Å². The van der Waals surface area contributed by atoms with Crippen molar-refractivity contribution in [1.29, 1.82) is 0 Å². The first kappa shape index (κ1) is 22.2. The number of nitrogens with zero attached hydrogens (tertiary/aromatic N) is 3. The molecule has 13 heteroatoms. The number of carbonyl (C=O) groups is 2. The molecule has 2 heterocycles. The number of carbonyl (C=O) groups excluding carboxylic acids is 2. The van der Waals surface area contributed by atoms with Crippen LogP contribution >= 0.6 is 11.8 Å². The van der Waals surface area contributed by atoms with Crippen LogP contribution in [0.3, 0.4) is 0 Å². The number of ether oxygens (including phenoxy) is 1. The summed E-state index contributed by atoms with van der Waals surface area (Å²) in [4.78, 5) is 23.4. The predicted molar refractivity (Wildman–Crippen MR) is 104 cm³/mol. The molecule has 31 heavy (non-hydrogen) atoms. The summed E-state index contributed by atoms with van der Waals surface area (Å²) in [6, 6.07) is 8.10. The van der Waals surface area contributed by atoms with Gasteiger partial charge in [0, 0.05) is 18.7 Å². The molecule has 3 rings (SSSR count). The molecular weight excluding hydrogens is 439 g/mol. The van der Waals surface area contributed by atoms with Gasteiger partial charge >= 0.3 is 6.36 Å². The molecule has 2 aromatic heterocycles. The Morgan fingerprint density at radius 3 is 2.55 bits per heavy atom. The number of alkyl halides is 3. The zero-order valence-electron chi connectivity index (χ0n) is 15.8. The SMILES string of the molecule is NC(=O)CCn1c(SCC(=O)Nc2ccc(OC(F)(F)F)cc2)nnc1-c1ccco1. The van der Waals surface area contributed by atoms with E-state index in [1.807, 2.05) is 0 Å². The summed E-state index contributed by atoms with van der Waals surface area (Å²) in [7, 11) is 0. The normalized spacial score (nSPS) is 11.3. The molecule has 3 N–H and O–H groups in total. The number of amides is 2. The average Bonchev–Trinajstić information content (AvgIpc) is 3.34. The Morgan fingerprint density at radius 2 is 1.94 bits per heavy atom.